The molecule has 3 aliphatic carbocycles. The number of benzene rings is 1. The van der Waals surface area contributed by atoms with E-state index >= 15 is 0 Å². The van der Waals surface area contributed by atoms with Crippen LogP contribution in [-0.2, 0) is 4.79 Å². The van der Waals surface area contributed by atoms with Gasteiger partial charge in [0.25, 0.3) is 5.91 Å². The summed E-state index contributed by atoms with van der Waals surface area (Å²) < 4.78 is 2.24. The molecule has 0 aliphatic heterocycles. The number of hydrogen-bond donors (Lipinski definition) is 2. The SMILES string of the molecule is O=C(CSc1nnc(C2CC2)n1C1CC1)Nc1ccccc1C(=O)NC1CC1. The second-order valence-corrected chi connectivity index (χ2v) is 8.79. The van der Waals surface area contributed by atoms with Crippen LogP contribution in [-0.4, -0.2) is 38.4 Å². The lowest BCUT2D eigenvalue weighted by Gasteiger charge is -2.11. The van der Waals surface area contributed by atoms with Crippen molar-refractivity contribution in [2.24, 2.45) is 0 Å². The summed E-state index contributed by atoms with van der Waals surface area (Å²) in [6, 6.07) is 7.92. The third-order valence-electron chi connectivity index (χ3n) is 5.24. The van der Waals surface area contributed by atoms with E-state index in [2.05, 4.69) is 25.4 Å². The van der Waals surface area contributed by atoms with Crippen molar-refractivity contribution in [1.82, 2.24) is 20.1 Å². The van der Waals surface area contributed by atoms with Crippen molar-refractivity contribution in [3.05, 3.63) is 35.7 Å². The topological polar surface area (TPSA) is 88.9 Å². The van der Waals surface area contributed by atoms with Gasteiger partial charge in [0.05, 0.1) is 17.0 Å². The molecule has 146 valence electrons. The van der Waals surface area contributed by atoms with Crippen LogP contribution in [0.4, 0.5) is 5.69 Å². The minimum atomic E-state index is -0.144. The normalized spacial score (nSPS) is 18.7. The monoisotopic (exact) mass is 397 g/mol. The molecule has 0 saturated heterocycles. The molecule has 8 heteroatoms. The molecule has 0 spiro atoms. The van der Waals surface area contributed by atoms with Crippen LogP contribution in [0.2, 0.25) is 0 Å². The van der Waals surface area contributed by atoms with Gasteiger partial charge in [-0.1, -0.05) is 23.9 Å². The molecule has 3 saturated carbocycles. The molecule has 3 fully saturated rings. The summed E-state index contributed by atoms with van der Waals surface area (Å²) in [7, 11) is 0. The van der Waals surface area contributed by atoms with E-state index in [-0.39, 0.29) is 23.6 Å². The van der Waals surface area contributed by atoms with Gasteiger partial charge in [-0.25, -0.2) is 0 Å². The van der Waals surface area contributed by atoms with Gasteiger partial charge in [0.15, 0.2) is 5.16 Å². The summed E-state index contributed by atoms with van der Waals surface area (Å²) in [6.45, 7) is 0. The Balaban J connectivity index is 1.23. The highest BCUT2D eigenvalue weighted by Gasteiger charge is 2.36. The molecular weight excluding hydrogens is 374 g/mol. The maximum Gasteiger partial charge on any atom is 0.253 e. The first-order valence-electron chi connectivity index (χ1n) is 9.96. The first kappa shape index (κ1) is 17.7. The standard InChI is InChI=1S/C20H23N5O2S/c26-17(22-16-4-2-1-3-15(16)19(27)21-13-7-8-13)11-28-20-24-23-18(12-5-6-12)25(20)14-9-10-14/h1-4,12-14H,5-11H2,(H,21,27)(H,22,26). The smallest absolute Gasteiger partial charge is 0.253 e. The van der Waals surface area contributed by atoms with Gasteiger partial charge in [-0.2, -0.15) is 0 Å². The molecule has 0 bridgehead atoms. The number of aromatic nitrogens is 3. The molecule has 28 heavy (non-hydrogen) atoms. The second kappa shape index (κ2) is 7.24. The summed E-state index contributed by atoms with van der Waals surface area (Å²) in [5, 5.41) is 15.4. The van der Waals surface area contributed by atoms with Gasteiger partial charge in [-0.3, -0.25) is 9.59 Å². The number of carbonyl (C=O) groups is 2. The third-order valence-corrected chi connectivity index (χ3v) is 6.18. The summed E-state index contributed by atoms with van der Waals surface area (Å²) in [5.41, 5.74) is 1.05. The zero-order chi connectivity index (χ0) is 19.1. The van der Waals surface area contributed by atoms with Crippen molar-refractivity contribution < 1.29 is 9.59 Å². The first-order valence-corrected chi connectivity index (χ1v) is 10.9. The average molecular weight is 398 g/mol. The molecule has 1 aromatic carbocycles. The van der Waals surface area contributed by atoms with Crippen LogP contribution in [0.15, 0.2) is 29.4 Å². The van der Waals surface area contributed by atoms with E-state index in [0.717, 1.165) is 23.8 Å². The maximum absolute atomic E-state index is 12.5. The number of amides is 2. The largest absolute Gasteiger partial charge is 0.349 e. The van der Waals surface area contributed by atoms with Crippen LogP contribution < -0.4 is 10.6 Å². The van der Waals surface area contributed by atoms with E-state index in [1.54, 1.807) is 12.1 Å². The van der Waals surface area contributed by atoms with E-state index in [0.29, 0.717) is 23.2 Å². The predicted octanol–water partition coefficient (Wildman–Crippen LogP) is 3.11. The molecular formula is C20H23N5O2S. The third kappa shape index (κ3) is 3.92. The molecule has 7 nitrogen and oxygen atoms in total. The number of carbonyl (C=O) groups excluding carboxylic acids is 2. The van der Waals surface area contributed by atoms with E-state index in [1.165, 1.54) is 37.4 Å². The number of rotatable bonds is 8. The fourth-order valence-corrected chi connectivity index (χ4v) is 4.09. The van der Waals surface area contributed by atoms with Gasteiger partial charge in [-0.15, -0.1) is 10.2 Å². The highest BCUT2D eigenvalue weighted by Crippen LogP contribution is 2.46. The number of nitrogens with one attached hydrogen (secondary N) is 2. The summed E-state index contributed by atoms with van der Waals surface area (Å²) >= 11 is 1.42. The predicted molar refractivity (Wildman–Crippen MR) is 107 cm³/mol. The molecule has 0 unspecified atom stereocenters. The Bertz CT molecular complexity index is 915. The highest BCUT2D eigenvalue weighted by molar-refractivity contribution is 7.99. The lowest BCUT2D eigenvalue weighted by Crippen LogP contribution is -2.27. The van der Waals surface area contributed by atoms with E-state index in [9.17, 15) is 9.59 Å². The minimum absolute atomic E-state index is 0.131. The van der Waals surface area contributed by atoms with E-state index < -0.39 is 0 Å². The summed E-state index contributed by atoms with van der Waals surface area (Å²) in [5.74, 6) is 1.61. The average Bonchev–Trinajstić information content (AvgIpc) is 3.54. The van der Waals surface area contributed by atoms with Crippen molar-refractivity contribution in [2.75, 3.05) is 11.1 Å². The summed E-state index contributed by atoms with van der Waals surface area (Å²) in [4.78, 5) is 24.9. The molecule has 5 rings (SSSR count). The van der Waals surface area contributed by atoms with Crippen LogP contribution in [0, 0.1) is 0 Å². The van der Waals surface area contributed by atoms with Gasteiger partial charge < -0.3 is 15.2 Å². The van der Waals surface area contributed by atoms with Crippen LogP contribution >= 0.6 is 11.8 Å². The van der Waals surface area contributed by atoms with Gasteiger partial charge in [0.1, 0.15) is 5.82 Å². The van der Waals surface area contributed by atoms with Crippen molar-refractivity contribution in [2.45, 2.75) is 61.7 Å². The van der Waals surface area contributed by atoms with Crippen LogP contribution in [0.3, 0.4) is 0 Å². The van der Waals surface area contributed by atoms with E-state index in [4.69, 9.17) is 0 Å². The van der Waals surface area contributed by atoms with Crippen molar-refractivity contribution in [3.63, 3.8) is 0 Å². The molecule has 3 aliphatic rings. The van der Waals surface area contributed by atoms with Gasteiger partial charge in [0.2, 0.25) is 5.91 Å². The van der Waals surface area contributed by atoms with Gasteiger partial charge in [0, 0.05) is 18.0 Å². The zero-order valence-corrected chi connectivity index (χ0v) is 16.4. The Hall–Kier alpha value is -2.35. The second-order valence-electron chi connectivity index (χ2n) is 7.85. The molecule has 0 atom stereocenters. The Morgan fingerprint density at radius 1 is 1.07 bits per heavy atom. The van der Waals surface area contributed by atoms with Crippen LogP contribution in [0.1, 0.15) is 66.7 Å². The zero-order valence-electron chi connectivity index (χ0n) is 15.6. The number of hydrogen-bond acceptors (Lipinski definition) is 5. The number of nitrogens with zero attached hydrogens (tertiary/aromatic N) is 3. The van der Waals surface area contributed by atoms with Crippen LogP contribution in [0.5, 0.6) is 0 Å². The fraction of sp³-hybridized carbons (Fsp3) is 0.500. The lowest BCUT2D eigenvalue weighted by atomic mass is 10.1. The minimum Gasteiger partial charge on any atom is -0.349 e. The van der Waals surface area contributed by atoms with E-state index in [1.807, 2.05) is 12.1 Å². The molecule has 0 radical (unpaired) electrons. The number of anilines is 1. The van der Waals surface area contributed by atoms with Crippen molar-refractivity contribution in [3.8, 4) is 0 Å². The first-order chi connectivity index (χ1) is 13.7. The van der Waals surface area contributed by atoms with Crippen LogP contribution in [0.25, 0.3) is 0 Å². The Morgan fingerprint density at radius 3 is 2.57 bits per heavy atom. The Labute approximate surface area is 167 Å². The molecule has 2 aromatic rings. The molecule has 1 heterocycles. The Kier molecular flexibility index (Phi) is 4.58. The lowest BCUT2D eigenvalue weighted by molar-refractivity contribution is -0.113. The van der Waals surface area contributed by atoms with Gasteiger partial charge >= 0.3 is 0 Å². The quantitative estimate of drug-likeness (QED) is 0.668. The van der Waals surface area contributed by atoms with Crippen molar-refractivity contribution >= 4 is 29.3 Å². The molecule has 2 amide bonds. The van der Waals surface area contributed by atoms with Crippen molar-refractivity contribution in [1.29, 1.82) is 0 Å². The fourth-order valence-electron chi connectivity index (χ4n) is 3.28. The molecule has 1 aromatic heterocycles. The summed E-state index contributed by atoms with van der Waals surface area (Å²) in [6.07, 6.45) is 6.77. The number of para-hydroxylation sites is 1. The number of thioether (sulfide) groups is 1. The molecule has 2 N–H and O–H groups in total. The van der Waals surface area contributed by atoms with Gasteiger partial charge in [-0.05, 0) is 50.7 Å². The Morgan fingerprint density at radius 2 is 1.86 bits per heavy atom. The maximum atomic E-state index is 12.5. The highest BCUT2D eigenvalue weighted by atomic mass is 32.2.